The van der Waals surface area contributed by atoms with Crippen LogP contribution in [0.2, 0.25) is 0 Å². The molecule has 0 amide bonds. The minimum Gasteiger partial charge on any atom is -0.486 e. The van der Waals surface area contributed by atoms with Crippen LogP contribution in [0.15, 0.2) is 41.3 Å². The Bertz CT molecular complexity index is 1140. The summed E-state index contributed by atoms with van der Waals surface area (Å²) in [6, 6.07) is 9.37. The van der Waals surface area contributed by atoms with Crippen LogP contribution in [0.3, 0.4) is 0 Å². The van der Waals surface area contributed by atoms with Crippen LogP contribution in [-0.2, 0) is 16.4 Å². The van der Waals surface area contributed by atoms with Gasteiger partial charge < -0.3 is 9.72 Å². The molecule has 2 aromatic carbocycles. The molecular formula is C18H17F2N3O3S. The van der Waals surface area contributed by atoms with Gasteiger partial charge >= 0.3 is 0 Å². The van der Waals surface area contributed by atoms with Crippen molar-refractivity contribution < 1.29 is 21.9 Å². The molecule has 1 aliphatic heterocycles. The predicted molar refractivity (Wildman–Crippen MR) is 96.7 cm³/mol. The maximum atomic E-state index is 12.9. The number of nitrogens with one attached hydrogen (secondary N) is 2. The zero-order chi connectivity index (χ0) is 19.4. The number of anilines is 1. The van der Waals surface area contributed by atoms with Crippen LogP contribution in [0.1, 0.15) is 31.7 Å². The second kappa shape index (κ2) is 5.91. The van der Waals surface area contributed by atoms with Gasteiger partial charge in [-0.1, -0.05) is 12.1 Å². The second-order valence-electron chi connectivity index (χ2n) is 7.04. The van der Waals surface area contributed by atoms with Gasteiger partial charge in [0.25, 0.3) is 16.4 Å². The highest BCUT2D eigenvalue weighted by atomic mass is 32.2. The number of fused-ring (bicyclic) bond motifs is 2. The third kappa shape index (κ3) is 3.23. The number of hydrogen-bond donors (Lipinski definition) is 2. The summed E-state index contributed by atoms with van der Waals surface area (Å²) in [5, 5.41) is 0. The number of alkyl halides is 2. The first kappa shape index (κ1) is 17.7. The summed E-state index contributed by atoms with van der Waals surface area (Å²) < 4.78 is 59.6. The van der Waals surface area contributed by atoms with E-state index in [1.807, 2.05) is 19.9 Å². The van der Waals surface area contributed by atoms with E-state index in [4.69, 9.17) is 4.74 Å². The van der Waals surface area contributed by atoms with Crippen molar-refractivity contribution in [3.05, 3.63) is 47.8 Å². The minimum atomic E-state index is -3.92. The summed E-state index contributed by atoms with van der Waals surface area (Å²) >= 11 is 0. The normalized spacial score (nSPS) is 15.7. The summed E-state index contributed by atoms with van der Waals surface area (Å²) in [7, 11) is -3.92. The molecular weight excluding hydrogens is 376 g/mol. The largest absolute Gasteiger partial charge is 0.486 e. The van der Waals surface area contributed by atoms with Gasteiger partial charge in [-0.05, 0) is 43.7 Å². The van der Waals surface area contributed by atoms with Crippen molar-refractivity contribution in [1.82, 2.24) is 9.97 Å². The summed E-state index contributed by atoms with van der Waals surface area (Å²) in [4.78, 5) is 6.31. The maximum absolute atomic E-state index is 12.9. The van der Waals surface area contributed by atoms with Gasteiger partial charge in [-0.25, -0.2) is 22.2 Å². The van der Waals surface area contributed by atoms with Crippen molar-refractivity contribution in [2.24, 2.45) is 0 Å². The lowest BCUT2D eigenvalue weighted by molar-refractivity contribution is 0.135. The molecule has 9 heteroatoms. The van der Waals surface area contributed by atoms with Crippen molar-refractivity contribution in [3.8, 4) is 5.75 Å². The quantitative estimate of drug-likeness (QED) is 0.701. The first-order valence-corrected chi connectivity index (χ1v) is 9.74. The predicted octanol–water partition coefficient (Wildman–Crippen LogP) is 4.01. The number of imidazole rings is 1. The second-order valence-corrected chi connectivity index (χ2v) is 8.69. The summed E-state index contributed by atoms with van der Waals surface area (Å²) in [6.45, 7) is 3.78. The van der Waals surface area contributed by atoms with Gasteiger partial charge in [-0.15, -0.1) is 0 Å². The molecule has 0 saturated carbocycles. The lowest BCUT2D eigenvalue weighted by atomic mass is 10.0. The van der Waals surface area contributed by atoms with E-state index in [1.165, 1.54) is 24.3 Å². The smallest absolute Gasteiger partial charge is 0.295 e. The Kier molecular flexibility index (Phi) is 3.88. The SMILES string of the molecule is CC1(C)Cc2cccc(S(=O)(=O)Nc3ccc4nc(C(F)F)[nH]c4c3)c2O1. The standard InChI is InChI=1S/C18H17F2N3O3S/c1-18(2)9-10-4-3-5-14(15(10)26-18)27(24,25)23-11-6-7-12-13(8-11)22-17(21-12)16(19)20/h3-8,16,23H,9H2,1-2H3,(H,21,22). The molecule has 142 valence electrons. The highest BCUT2D eigenvalue weighted by Crippen LogP contribution is 2.40. The molecule has 1 aromatic heterocycles. The number of para-hydroxylation sites is 1. The number of hydrogen-bond acceptors (Lipinski definition) is 4. The van der Waals surface area contributed by atoms with Crippen LogP contribution in [-0.4, -0.2) is 24.0 Å². The van der Waals surface area contributed by atoms with Crippen LogP contribution in [0.25, 0.3) is 11.0 Å². The molecule has 2 N–H and O–H groups in total. The van der Waals surface area contributed by atoms with Gasteiger partial charge in [-0.2, -0.15) is 0 Å². The lowest BCUT2D eigenvalue weighted by Gasteiger charge is -2.18. The van der Waals surface area contributed by atoms with E-state index < -0.39 is 27.9 Å². The van der Waals surface area contributed by atoms with E-state index in [-0.39, 0.29) is 10.6 Å². The molecule has 0 aliphatic carbocycles. The van der Waals surface area contributed by atoms with Crippen LogP contribution in [0, 0.1) is 0 Å². The van der Waals surface area contributed by atoms with E-state index in [0.717, 1.165) is 5.56 Å². The molecule has 0 saturated heterocycles. The van der Waals surface area contributed by atoms with Crippen molar-refractivity contribution in [2.75, 3.05) is 4.72 Å². The van der Waals surface area contributed by atoms with Gasteiger partial charge in [0.05, 0.1) is 16.7 Å². The maximum Gasteiger partial charge on any atom is 0.295 e. The third-order valence-corrected chi connectivity index (χ3v) is 5.71. The van der Waals surface area contributed by atoms with Gasteiger partial charge in [0.2, 0.25) is 0 Å². The molecule has 0 radical (unpaired) electrons. The van der Waals surface area contributed by atoms with E-state index >= 15 is 0 Å². The molecule has 0 bridgehead atoms. The van der Waals surface area contributed by atoms with Crippen molar-refractivity contribution in [1.29, 1.82) is 0 Å². The number of halogens is 2. The fourth-order valence-corrected chi connectivity index (χ4v) is 4.43. The van der Waals surface area contributed by atoms with Crippen LogP contribution in [0.5, 0.6) is 5.75 Å². The Labute approximate surface area is 154 Å². The monoisotopic (exact) mass is 393 g/mol. The molecule has 0 fully saturated rings. The Morgan fingerprint density at radius 1 is 1.26 bits per heavy atom. The molecule has 6 nitrogen and oxygen atoms in total. The van der Waals surface area contributed by atoms with E-state index in [0.29, 0.717) is 23.2 Å². The number of aromatic amines is 1. The topological polar surface area (TPSA) is 84.1 Å². The number of rotatable bonds is 4. The fourth-order valence-electron chi connectivity index (χ4n) is 3.21. The first-order chi connectivity index (χ1) is 12.6. The summed E-state index contributed by atoms with van der Waals surface area (Å²) in [5.74, 6) is -0.112. The molecule has 4 rings (SSSR count). The number of ether oxygens (including phenoxy) is 1. The van der Waals surface area contributed by atoms with Crippen molar-refractivity contribution >= 4 is 26.7 Å². The van der Waals surface area contributed by atoms with Gasteiger partial charge in [-0.3, -0.25) is 4.72 Å². The average Bonchev–Trinajstić information content (AvgIpc) is 3.12. The number of aromatic nitrogens is 2. The van der Waals surface area contributed by atoms with E-state index in [9.17, 15) is 17.2 Å². The molecule has 2 heterocycles. The summed E-state index contributed by atoms with van der Waals surface area (Å²) in [6.07, 6.45) is -2.12. The van der Waals surface area contributed by atoms with Gasteiger partial charge in [0, 0.05) is 6.42 Å². The molecule has 3 aromatic rings. The first-order valence-electron chi connectivity index (χ1n) is 8.26. The molecule has 27 heavy (non-hydrogen) atoms. The van der Waals surface area contributed by atoms with Crippen LogP contribution in [0.4, 0.5) is 14.5 Å². The highest BCUT2D eigenvalue weighted by Gasteiger charge is 2.34. The number of nitrogens with zero attached hydrogens (tertiary/aromatic N) is 1. The van der Waals surface area contributed by atoms with E-state index in [2.05, 4.69) is 14.7 Å². The fraction of sp³-hybridized carbons (Fsp3) is 0.278. The summed E-state index contributed by atoms with van der Waals surface area (Å²) in [5.41, 5.74) is 1.24. The molecule has 1 aliphatic rings. The zero-order valence-electron chi connectivity index (χ0n) is 14.6. The zero-order valence-corrected chi connectivity index (χ0v) is 15.4. The Morgan fingerprint density at radius 3 is 2.78 bits per heavy atom. The number of H-pyrrole nitrogens is 1. The Hall–Kier alpha value is -2.68. The van der Waals surface area contributed by atoms with Crippen LogP contribution < -0.4 is 9.46 Å². The Balaban J connectivity index is 1.69. The minimum absolute atomic E-state index is 0.0450. The van der Waals surface area contributed by atoms with Crippen LogP contribution >= 0.6 is 0 Å². The average molecular weight is 393 g/mol. The number of benzene rings is 2. The lowest BCUT2D eigenvalue weighted by Crippen LogP contribution is -2.25. The molecule has 0 unspecified atom stereocenters. The molecule has 0 atom stereocenters. The molecule has 0 spiro atoms. The Morgan fingerprint density at radius 2 is 2.04 bits per heavy atom. The number of sulfonamides is 1. The highest BCUT2D eigenvalue weighted by molar-refractivity contribution is 7.92. The van der Waals surface area contributed by atoms with Crippen molar-refractivity contribution in [3.63, 3.8) is 0 Å². The van der Waals surface area contributed by atoms with Crippen molar-refractivity contribution in [2.45, 2.75) is 37.2 Å². The van der Waals surface area contributed by atoms with E-state index in [1.54, 1.807) is 6.07 Å². The van der Waals surface area contributed by atoms with Gasteiger partial charge in [0.1, 0.15) is 16.2 Å². The van der Waals surface area contributed by atoms with Gasteiger partial charge in [0.15, 0.2) is 5.82 Å². The third-order valence-electron chi connectivity index (χ3n) is 4.30.